The van der Waals surface area contributed by atoms with Crippen LogP contribution in [-0.2, 0) is 4.74 Å². The molecule has 0 N–H and O–H groups in total. The van der Waals surface area contributed by atoms with Crippen molar-refractivity contribution in [1.29, 1.82) is 0 Å². The highest BCUT2D eigenvalue weighted by Gasteiger charge is 2.12. The van der Waals surface area contributed by atoms with Crippen LogP contribution in [-0.4, -0.2) is 12.1 Å². The van der Waals surface area contributed by atoms with Crippen molar-refractivity contribution in [2.75, 3.05) is 0 Å². The van der Waals surface area contributed by atoms with Gasteiger partial charge in [-0.25, -0.2) is 4.79 Å². The summed E-state index contributed by atoms with van der Waals surface area (Å²) in [5.74, 6) is -0.318. The Bertz CT molecular complexity index is 425. The van der Waals surface area contributed by atoms with E-state index >= 15 is 0 Å². The molecule has 0 amide bonds. The molecular formula is C15H18O2. The van der Waals surface area contributed by atoms with Crippen molar-refractivity contribution in [2.45, 2.75) is 26.9 Å². The Kier molecular flexibility index (Phi) is 4.70. The SMILES string of the molecule is C=C(C=C(C)C)C(C)OC(=O)c1ccccc1. The maximum Gasteiger partial charge on any atom is 0.338 e. The predicted octanol–water partition coefficient (Wildman–Crippen LogP) is 3.75. The Hall–Kier alpha value is -1.83. The quantitative estimate of drug-likeness (QED) is 0.581. The second-order valence-electron chi connectivity index (χ2n) is 4.21. The minimum atomic E-state index is -0.318. The number of hydrogen-bond acceptors (Lipinski definition) is 2. The maximum atomic E-state index is 11.8. The average Bonchev–Trinajstić information content (AvgIpc) is 2.29. The number of benzene rings is 1. The summed E-state index contributed by atoms with van der Waals surface area (Å²) in [6, 6.07) is 8.96. The number of esters is 1. The molecule has 0 aliphatic heterocycles. The van der Waals surface area contributed by atoms with Gasteiger partial charge in [0.1, 0.15) is 6.10 Å². The molecule has 2 nitrogen and oxygen atoms in total. The van der Waals surface area contributed by atoms with E-state index in [2.05, 4.69) is 6.58 Å². The van der Waals surface area contributed by atoms with Gasteiger partial charge in [-0.1, -0.05) is 36.4 Å². The monoisotopic (exact) mass is 230 g/mol. The van der Waals surface area contributed by atoms with E-state index < -0.39 is 0 Å². The van der Waals surface area contributed by atoms with E-state index in [-0.39, 0.29) is 12.1 Å². The summed E-state index contributed by atoms with van der Waals surface area (Å²) in [5, 5.41) is 0. The Morgan fingerprint density at radius 2 is 1.88 bits per heavy atom. The second-order valence-corrected chi connectivity index (χ2v) is 4.21. The minimum absolute atomic E-state index is 0.308. The van der Waals surface area contributed by atoms with E-state index in [9.17, 15) is 4.79 Å². The zero-order valence-corrected chi connectivity index (χ0v) is 10.6. The van der Waals surface area contributed by atoms with Crippen LogP contribution in [0.2, 0.25) is 0 Å². The number of hydrogen-bond donors (Lipinski definition) is 0. The molecule has 0 fully saturated rings. The smallest absolute Gasteiger partial charge is 0.338 e. The third-order valence-corrected chi connectivity index (χ3v) is 2.29. The molecule has 90 valence electrons. The molecule has 1 unspecified atom stereocenters. The van der Waals surface area contributed by atoms with Crippen molar-refractivity contribution in [3.05, 3.63) is 59.7 Å². The van der Waals surface area contributed by atoms with Crippen LogP contribution in [0.15, 0.2) is 54.1 Å². The maximum absolute atomic E-state index is 11.8. The van der Waals surface area contributed by atoms with Crippen LogP contribution < -0.4 is 0 Å². The topological polar surface area (TPSA) is 26.3 Å². The summed E-state index contributed by atoms with van der Waals surface area (Å²) >= 11 is 0. The van der Waals surface area contributed by atoms with Gasteiger partial charge in [-0.05, 0) is 38.5 Å². The minimum Gasteiger partial charge on any atom is -0.454 e. The van der Waals surface area contributed by atoms with E-state index in [0.29, 0.717) is 5.56 Å². The first kappa shape index (κ1) is 13.2. The molecule has 0 saturated heterocycles. The number of rotatable bonds is 4. The highest BCUT2D eigenvalue weighted by Crippen LogP contribution is 2.11. The number of ether oxygens (including phenoxy) is 1. The highest BCUT2D eigenvalue weighted by atomic mass is 16.5. The molecule has 1 atom stereocenters. The van der Waals surface area contributed by atoms with Crippen molar-refractivity contribution in [2.24, 2.45) is 0 Å². The van der Waals surface area contributed by atoms with Crippen LogP contribution in [0.5, 0.6) is 0 Å². The fraction of sp³-hybridized carbons (Fsp3) is 0.267. The Morgan fingerprint density at radius 3 is 2.41 bits per heavy atom. The van der Waals surface area contributed by atoms with Crippen molar-refractivity contribution < 1.29 is 9.53 Å². The first-order valence-electron chi connectivity index (χ1n) is 5.60. The number of carbonyl (C=O) groups excluding carboxylic acids is 1. The largest absolute Gasteiger partial charge is 0.454 e. The second kappa shape index (κ2) is 6.04. The van der Waals surface area contributed by atoms with Gasteiger partial charge in [0.25, 0.3) is 0 Å². The standard InChI is InChI=1S/C15H18O2/c1-11(2)10-12(3)13(4)17-15(16)14-8-6-5-7-9-14/h5-10,13H,3H2,1-2,4H3. The lowest BCUT2D eigenvalue weighted by molar-refractivity contribution is 0.0412. The number of allylic oxidation sites excluding steroid dienone is 1. The Balaban J connectivity index is 2.64. The van der Waals surface area contributed by atoms with Gasteiger partial charge in [-0.15, -0.1) is 0 Å². The third-order valence-electron chi connectivity index (χ3n) is 2.29. The zero-order chi connectivity index (χ0) is 12.8. The van der Waals surface area contributed by atoms with Crippen LogP contribution >= 0.6 is 0 Å². The lowest BCUT2D eigenvalue weighted by Crippen LogP contribution is -2.16. The molecule has 0 radical (unpaired) electrons. The van der Waals surface area contributed by atoms with Gasteiger partial charge in [0, 0.05) is 0 Å². The Morgan fingerprint density at radius 1 is 1.29 bits per heavy atom. The van der Waals surface area contributed by atoms with E-state index in [1.165, 1.54) is 0 Å². The van der Waals surface area contributed by atoms with Crippen LogP contribution in [0.3, 0.4) is 0 Å². The van der Waals surface area contributed by atoms with Crippen molar-refractivity contribution >= 4 is 5.97 Å². The molecule has 2 heteroatoms. The first-order valence-corrected chi connectivity index (χ1v) is 5.60. The van der Waals surface area contributed by atoms with E-state index in [4.69, 9.17) is 4.74 Å². The van der Waals surface area contributed by atoms with Crippen molar-refractivity contribution in [1.82, 2.24) is 0 Å². The molecule has 0 aromatic heterocycles. The predicted molar refractivity (Wildman–Crippen MR) is 69.9 cm³/mol. The average molecular weight is 230 g/mol. The lowest BCUT2D eigenvalue weighted by Gasteiger charge is -2.13. The Labute approximate surface area is 103 Å². The van der Waals surface area contributed by atoms with Gasteiger partial charge >= 0.3 is 5.97 Å². The van der Waals surface area contributed by atoms with Gasteiger partial charge in [0.15, 0.2) is 0 Å². The van der Waals surface area contributed by atoms with Crippen LogP contribution in [0.1, 0.15) is 31.1 Å². The molecule has 17 heavy (non-hydrogen) atoms. The van der Waals surface area contributed by atoms with Crippen LogP contribution in [0.4, 0.5) is 0 Å². The molecule has 0 aliphatic carbocycles. The summed E-state index contributed by atoms with van der Waals surface area (Å²) in [5.41, 5.74) is 2.50. The molecular weight excluding hydrogens is 212 g/mol. The molecule has 1 aromatic rings. The molecule has 0 aliphatic rings. The molecule has 0 bridgehead atoms. The lowest BCUT2D eigenvalue weighted by atomic mass is 10.1. The van der Waals surface area contributed by atoms with Gasteiger partial charge < -0.3 is 4.74 Å². The van der Waals surface area contributed by atoms with Gasteiger partial charge in [-0.2, -0.15) is 0 Å². The molecule has 1 rings (SSSR count). The van der Waals surface area contributed by atoms with Crippen molar-refractivity contribution in [3.63, 3.8) is 0 Å². The van der Waals surface area contributed by atoms with Crippen LogP contribution in [0, 0.1) is 0 Å². The fourth-order valence-electron chi connectivity index (χ4n) is 1.37. The summed E-state index contributed by atoms with van der Waals surface area (Å²) in [6.07, 6.45) is 1.61. The molecule has 0 saturated carbocycles. The summed E-state index contributed by atoms with van der Waals surface area (Å²) in [6.45, 7) is 9.68. The first-order chi connectivity index (χ1) is 8.00. The van der Waals surface area contributed by atoms with Gasteiger partial charge in [0.2, 0.25) is 0 Å². The molecule has 1 aromatic carbocycles. The normalized spacial score (nSPS) is 11.5. The highest BCUT2D eigenvalue weighted by molar-refractivity contribution is 5.89. The van der Waals surface area contributed by atoms with E-state index in [1.54, 1.807) is 12.1 Å². The fourth-order valence-corrected chi connectivity index (χ4v) is 1.37. The summed E-state index contributed by atoms with van der Waals surface area (Å²) in [7, 11) is 0. The van der Waals surface area contributed by atoms with E-state index in [1.807, 2.05) is 45.0 Å². The van der Waals surface area contributed by atoms with E-state index in [0.717, 1.165) is 11.1 Å². The van der Waals surface area contributed by atoms with Gasteiger partial charge in [0.05, 0.1) is 5.56 Å². The van der Waals surface area contributed by atoms with Gasteiger partial charge in [-0.3, -0.25) is 0 Å². The summed E-state index contributed by atoms with van der Waals surface area (Å²) in [4.78, 5) is 11.8. The molecule has 0 spiro atoms. The number of carbonyl (C=O) groups is 1. The summed E-state index contributed by atoms with van der Waals surface area (Å²) < 4.78 is 5.32. The van der Waals surface area contributed by atoms with Crippen LogP contribution in [0.25, 0.3) is 0 Å². The third kappa shape index (κ3) is 4.27. The van der Waals surface area contributed by atoms with Crippen molar-refractivity contribution in [3.8, 4) is 0 Å². The zero-order valence-electron chi connectivity index (χ0n) is 10.6. The molecule has 0 heterocycles.